The Balaban J connectivity index is 1.41. The lowest BCUT2D eigenvalue weighted by molar-refractivity contribution is 1.18. The van der Waals surface area contributed by atoms with E-state index in [0.717, 1.165) is 14.6 Å². The molecule has 0 bridgehead atoms. The summed E-state index contributed by atoms with van der Waals surface area (Å²) in [5.41, 5.74) is 6.04. The highest BCUT2D eigenvalue weighted by Crippen LogP contribution is 2.37. The van der Waals surface area contributed by atoms with E-state index in [1.165, 1.54) is 54.5 Å². The lowest BCUT2D eigenvalue weighted by atomic mass is 9.95. The molecule has 7 rings (SSSR count). The second kappa shape index (κ2) is 8.08. The highest BCUT2D eigenvalue weighted by Gasteiger charge is 2.13. The van der Waals surface area contributed by atoms with Gasteiger partial charge in [-0.1, -0.05) is 86.5 Å². The van der Waals surface area contributed by atoms with Gasteiger partial charge >= 0.3 is 0 Å². The zero-order valence-corrected chi connectivity index (χ0v) is 21.8. The van der Waals surface area contributed by atoms with Gasteiger partial charge in [-0.3, -0.25) is 0 Å². The molecule has 0 saturated carbocycles. The standard InChI is InChI=1S/C32H19Br2N/c33-24-10-14-31-29(18-24)30-19-25(34)11-15-32(30)35(31)26-12-8-20(9-13-26)27-7-3-6-23-16-21-4-1-2-5-22(21)17-28(23)27/h1-19H. The Morgan fingerprint density at radius 3 is 1.71 bits per heavy atom. The maximum Gasteiger partial charge on any atom is 0.0541 e. The van der Waals surface area contributed by atoms with Gasteiger partial charge < -0.3 is 4.57 Å². The predicted molar refractivity (Wildman–Crippen MR) is 157 cm³/mol. The minimum atomic E-state index is 1.09. The molecule has 0 amide bonds. The van der Waals surface area contributed by atoms with Crippen LogP contribution in [0.1, 0.15) is 0 Å². The third-order valence-electron chi connectivity index (χ3n) is 6.87. The maximum absolute atomic E-state index is 3.65. The number of benzene rings is 6. The van der Waals surface area contributed by atoms with E-state index in [1.54, 1.807) is 0 Å². The summed E-state index contributed by atoms with van der Waals surface area (Å²) < 4.78 is 4.52. The average molecular weight is 577 g/mol. The summed E-state index contributed by atoms with van der Waals surface area (Å²) in [5.74, 6) is 0. The lowest BCUT2D eigenvalue weighted by Crippen LogP contribution is -1.93. The summed E-state index contributed by atoms with van der Waals surface area (Å²) >= 11 is 7.30. The smallest absolute Gasteiger partial charge is 0.0541 e. The molecule has 166 valence electrons. The Hall–Kier alpha value is -3.40. The van der Waals surface area contributed by atoms with Gasteiger partial charge in [0.1, 0.15) is 0 Å². The van der Waals surface area contributed by atoms with Crippen molar-refractivity contribution in [1.82, 2.24) is 4.57 Å². The van der Waals surface area contributed by atoms with Gasteiger partial charge in [0.25, 0.3) is 0 Å². The highest BCUT2D eigenvalue weighted by molar-refractivity contribution is 9.10. The predicted octanol–water partition coefficient (Wildman–Crippen LogP) is 10.3. The van der Waals surface area contributed by atoms with Crippen LogP contribution in [-0.4, -0.2) is 4.57 Å². The first-order chi connectivity index (χ1) is 17.2. The molecule has 0 N–H and O–H groups in total. The number of hydrogen-bond donors (Lipinski definition) is 0. The fraction of sp³-hybridized carbons (Fsp3) is 0. The summed E-state index contributed by atoms with van der Waals surface area (Å²) in [7, 11) is 0. The Labute approximate surface area is 219 Å². The molecule has 0 fully saturated rings. The minimum Gasteiger partial charge on any atom is -0.309 e. The van der Waals surface area contributed by atoms with E-state index in [1.807, 2.05) is 0 Å². The lowest BCUT2D eigenvalue weighted by Gasteiger charge is -2.12. The van der Waals surface area contributed by atoms with Crippen LogP contribution < -0.4 is 0 Å². The first kappa shape index (κ1) is 20.9. The highest BCUT2D eigenvalue weighted by atomic mass is 79.9. The van der Waals surface area contributed by atoms with E-state index in [2.05, 4.69) is 152 Å². The van der Waals surface area contributed by atoms with E-state index < -0.39 is 0 Å². The monoisotopic (exact) mass is 575 g/mol. The number of aromatic nitrogens is 1. The number of nitrogens with zero attached hydrogens (tertiary/aromatic N) is 1. The summed E-state index contributed by atoms with van der Waals surface area (Å²) in [6.45, 7) is 0. The molecule has 3 heteroatoms. The van der Waals surface area contributed by atoms with Gasteiger partial charge in [-0.15, -0.1) is 0 Å². The molecule has 7 aromatic rings. The first-order valence-electron chi connectivity index (χ1n) is 11.6. The van der Waals surface area contributed by atoms with E-state index in [4.69, 9.17) is 0 Å². The van der Waals surface area contributed by atoms with E-state index in [0.29, 0.717) is 0 Å². The summed E-state index contributed by atoms with van der Waals surface area (Å²) in [5, 5.41) is 7.57. The fourth-order valence-electron chi connectivity index (χ4n) is 5.25. The normalized spacial score (nSPS) is 11.7. The molecule has 1 nitrogen and oxygen atoms in total. The third-order valence-corrected chi connectivity index (χ3v) is 7.86. The largest absolute Gasteiger partial charge is 0.309 e. The fourth-order valence-corrected chi connectivity index (χ4v) is 5.98. The van der Waals surface area contributed by atoms with Crippen LogP contribution in [0.25, 0.3) is 60.2 Å². The van der Waals surface area contributed by atoms with Crippen molar-refractivity contribution >= 4 is 75.2 Å². The Morgan fingerprint density at radius 1 is 0.457 bits per heavy atom. The second-order valence-electron chi connectivity index (χ2n) is 8.93. The van der Waals surface area contributed by atoms with Crippen molar-refractivity contribution in [2.45, 2.75) is 0 Å². The summed E-state index contributed by atoms with van der Waals surface area (Å²) in [6.07, 6.45) is 0. The molecule has 0 aliphatic carbocycles. The number of halogens is 2. The van der Waals surface area contributed by atoms with Crippen molar-refractivity contribution in [3.63, 3.8) is 0 Å². The van der Waals surface area contributed by atoms with Gasteiger partial charge in [-0.05, 0) is 93.3 Å². The van der Waals surface area contributed by atoms with Gasteiger partial charge in [-0.25, -0.2) is 0 Å². The molecule has 0 aliphatic rings. The summed E-state index contributed by atoms with van der Waals surface area (Å²) in [6, 6.07) is 41.7. The Morgan fingerprint density at radius 2 is 1.06 bits per heavy atom. The number of rotatable bonds is 2. The van der Waals surface area contributed by atoms with E-state index in [-0.39, 0.29) is 0 Å². The minimum absolute atomic E-state index is 1.09. The van der Waals surface area contributed by atoms with Gasteiger partial charge in [-0.2, -0.15) is 0 Å². The quantitative estimate of drug-likeness (QED) is 0.180. The van der Waals surface area contributed by atoms with Crippen molar-refractivity contribution < 1.29 is 0 Å². The van der Waals surface area contributed by atoms with Crippen LogP contribution in [-0.2, 0) is 0 Å². The number of hydrogen-bond acceptors (Lipinski definition) is 0. The molecule has 0 spiro atoms. The molecule has 6 aromatic carbocycles. The van der Waals surface area contributed by atoms with E-state index >= 15 is 0 Å². The van der Waals surface area contributed by atoms with Crippen LogP contribution in [0.2, 0.25) is 0 Å². The van der Waals surface area contributed by atoms with Gasteiger partial charge in [0.05, 0.1) is 11.0 Å². The van der Waals surface area contributed by atoms with E-state index in [9.17, 15) is 0 Å². The van der Waals surface area contributed by atoms with Gasteiger partial charge in [0, 0.05) is 25.4 Å². The molecule has 0 atom stereocenters. The van der Waals surface area contributed by atoms with Crippen LogP contribution in [0.3, 0.4) is 0 Å². The Bertz CT molecular complexity index is 1850. The van der Waals surface area contributed by atoms with Crippen LogP contribution in [0.15, 0.2) is 124 Å². The molecular weight excluding hydrogens is 558 g/mol. The van der Waals surface area contributed by atoms with Crippen LogP contribution >= 0.6 is 31.9 Å². The molecule has 0 saturated heterocycles. The first-order valence-corrected chi connectivity index (χ1v) is 13.2. The zero-order valence-electron chi connectivity index (χ0n) is 18.7. The molecule has 0 unspecified atom stereocenters. The number of fused-ring (bicyclic) bond motifs is 5. The molecular formula is C32H19Br2N. The topological polar surface area (TPSA) is 4.93 Å². The SMILES string of the molecule is Brc1ccc2c(c1)c1cc(Br)ccc1n2-c1ccc(-c2cccc3cc4ccccc4cc23)cc1. The van der Waals surface area contributed by atoms with Gasteiger partial charge in [0.15, 0.2) is 0 Å². The molecule has 35 heavy (non-hydrogen) atoms. The van der Waals surface area contributed by atoms with Crippen molar-refractivity contribution in [3.8, 4) is 16.8 Å². The van der Waals surface area contributed by atoms with Gasteiger partial charge in [0.2, 0.25) is 0 Å². The molecule has 0 aliphatic heterocycles. The zero-order chi connectivity index (χ0) is 23.5. The average Bonchev–Trinajstić information content (AvgIpc) is 3.20. The van der Waals surface area contributed by atoms with Crippen LogP contribution in [0, 0.1) is 0 Å². The second-order valence-corrected chi connectivity index (χ2v) is 10.8. The van der Waals surface area contributed by atoms with Crippen molar-refractivity contribution in [2.75, 3.05) is 0 Å². The maximum atomic E-state index is 3.65. The van der Waals surface area contributed by atoms with Crippen molar-refractivity contribution in [2.24, 2.45) is 0 Å². The molecule has 1 aromatic heterocycles. The Kier molecular flexibility index (Phi) is 4.83. The van der Waals surface area contributed by atoms with Crippen LogP contribution in [0.5, 0.6) is 0 Å². The summed E-state index contributed by atoms with van der Waals surface area (Å²) in [4.78, 5) is 0. The molecule has 0 radical (unpaired) electrons. The third kappa shape index (κ3) is 3.42. The van der Waals surface area contributed by atoms with Crippen molar-refractivity contribution in [1.29, 1.82) is 0 Å². The molecule has 1 heterocycles. The van der Waals surface area contributed by atoms with Crippen molar-refractivity contribution in [3.05, 3.63) is 124 Å². The van der Waals surface area contributed by atoms with Crippen LogP contribution in [0.4, 0.5) is 0 Å².